The molecule has 0 bridgehead atoms. The molecule has 0 radical (unpaired) electrons. The van der Waals surface area contributed by atoms with Crippen molar-refractivity contribution in [3.63, 3.8) is 0 Å². The predicted octanol–water partition coefficient (Wildman–Crippen LogP) is 3.55. The molecule has 23 heavy (non-hydrogen) atoms. The number of nitrogens with one attached hydrogen (secondary N) is 2. The van der Waals surface area contributed by atoms with Gasteiger partial charge in [-0.3, -0.25) is 10.2 Å². The lowest BCUT2D eigenvalue weighted by atomic mass is 10.2. The molecule has 124 valence electrons. The minimum Gasteiger partial charge on any atom is -0.273 e. The Balaban J connectivity index is 2.15. The molecule has 2 aromatic rings. The molecule has 5 nitrogen and oxygen atoms in total. The van der Waals surface area contributed by atoms with E-state index in [0.717, 1.165) is 16.9 Å². The van der Waals surface area contributed by atoms with Gasteiger partial charge in [0.2, 0.25) is 0 Å². The van der Waals surface area contributed by atoms with E-state index in [1.165, 1.54) is 29.5 Å². The monoisotopic (exact) mass is 392 g/mol. The average molecular weight is 393 g/mol. The molecular weight excluding hydrogens is 379 g/mol. The van der Waals surface area contributed by atoms with Crippen molar-refractivity contribution in [2.24, 2.45) is 0 Å². The number of hydrazine groups is 1. The predicted molar refractivity (Wildman–Crippen MR) is 92.7 cm³/mol. The zero-order chi connectivity index (χ0) is 17.2. The molecule has 2 N–H and O–H groups in total. The first-order valence-electron chi connectivity index (χ1n) is 6.61. The highest BCUT2D eigenvalue weighted by Crippen LogP contribution is 2.25. The van der Waals surface area contributed by atoms with Gasteiger partial charge in [0.25, 0.3) is 15.9 Å². The van der Waals surface area contributed by atoms with Gasteiger partial charge < -0.3 is 0 Å². The van der Waals surface area contributed by atoms with E-state index >= 15 is 0 Å². The largest absolute Gasteiger partial charge is 0.276 e. The van der Waals surface area contributed by atoms with E-state index in [1.807, 2.05) is 18.7 Å². The summed E-state index contributed by atoms with van der Waals surface area (Å²) in [4.78, 5) is 15.4. The molecule has 0 aliphatic heterocycles. The minimum absolute atomic E-state index is 0.0105. The van der Waals surface area contributed by atoms with Crippen molar-refractivity contribution in [2.45, 2.75) is 25.2 Å². The number of carbonyl (C=O) groups is 1. The highest BCUT2D eigenvalue weighted by Gasteiger charge is 2.20. The number of amides is 1. The summed E-state index contributed by atoms with van der Waals surface area (Å²) in [6.07, 6.45) is 0.813. The fourth-order valence-corrected chi connectivity index (χ4v) is 4.51. The van der Waals surface area contributed by atoms with E-state index in [2.05, 4.69) is 5.43 Å². The summed E-state index contributed by atoms with van der Waals surface area (Å²) in [5, 5.41) is 0.235. The van der Waals surface area contributed by atoms with Crippen LogP contribution in [0.5, 0.6) is 0 Å². The number of hydrogen-bond acceptors (Lipinski definition) is 4. The summed E-state index contributed by atoms with van der Waals surface area (Å²) in [5.41, 5.74) is 3.18. The Hall–Kier alpha value is -1.12. The number of carbonyl (C=O) groups excluding carboxylic acids is 1. The molecular formula is C14H14Cl2N2O3S2. The van der Waals surface area contributed by atoms with Gasteiger partial charge in [-0.15, -0.1) is 16.2 Å². The number of thiophene rings is 1. The van der Waals surface area contributed by atoms with Crippen molar-refractivity contribution >= 4 is 50.5 Å². The first kappa shape index (κ1) is 18.2. The lowest BCUT2D eigenvalue weighted by molar-refractivity contribution is 0.0949. The number of aryl methyl sites for hydroxylation is 2. The second kappa shape index (κ2) is 7.19. The van der Waals surface area contributed by atoms with Crippen LogP contribution in [0.1, 0.15) is 27.0 Å². The van der Waals surface area contributed by atoms with Crippen LogP contribution >= 0.6 is 34.5 Å². The Morgan fingerprint density at radius 3 is 2.57 bits per heavy atom. The maximum Gasteiger partial charge on any atom is 0.276 e. The van der Waals surface area contributed by atoms with Crippen molar-refractivity contribution in [3.05, 3.63) is 49.6 Å². The molecule has 0 saturated heterocycles. The minimum atomic E-state index is -4.02. The van der Waals surface area contributed by atoms with E-state index in [4.69, 9.17) is 23.2 Å². The molecule has 0 spiro atoms. The fourth-order valence-electron chi connectivity index (χ4n) is 1.90. The third-order valence-electron chi connectivity index (χ3n) is 3.05. The van der Waals surface area contributed by atoms with Crippen LogP contribution in [0, 0.1) is 6.92 Å². The highest BCUT2D eigenvalue weighted by molar-refractivity contribution is 7.89. The second-order valence-corrected chi connectivity index (χ2v) is 8.34. The van der Waals surface area contributed by atoms with Crippen molar-refractivity contribution in [2.75, 3.05) is 0 Å². The lowest BCUT2D eigenvalue weighted by Crippen LogP contribution is -2.41. The normalized spacial score (nSPS) is 11.5. The van der Waals surface area contributed by atoms with Gasteiger partial charge in [-0.25, -0.2) is 8.42 Å². The van der Waals surface area contributed by atoms with Crippen LogP contribution in [0.3, 0.4) is 0 Å². The van der Waals surface area contributed by atoms with Gasteiger partial charge >= 0.3 is 0 Å². The number of sulfonamides is 1. The number of halogens is 2. The molecule has 0 fully saturated rings. The van der Waals surface area contributed by atoms with Gasteiger partial charge in [-0.2, -0.15) is 0 Å². The standard InChI is InChI=1S/C14H14Cl2N2O3S2/c1-3-11-8(2)6-12(22-11)14(19)17-18-23(20,21)13-7-9(15)4-5-10(13)16/h4-7,18H,3H2,1-2H3,(H,17,19). The smallest absolute Gasteiger partial charge is 0.273 e. The zero-order valence-corrected chi connectivity index (χ0v) is 15.5. The third-order valence-corrected chi connectivity index (χ3v) is 6.39. The second-order valence-electron chi connectivity index (χ2n) is 4.70. The van der Waals surface area contributed by atoms with Crippen LogP contribution < -0.4 is 10.3 Å². The van der Waals surface area contributed by atoms with Crippen LogP contribution in [-0.2, 0) is 16.4 Å². The van der Waals surface area contributed by atoms with E-state index in [1.54, 1.807) is 6.07 Å². The average Bonchev–Trinajstić information content (AvgIpc) is 2.88. The maximum absolute atomic E-state index is 12.2. The summed E-state index contributed by atoms with van der Waals surface area (Å²) >= 11 is 13.0. The van der Waals surface area contributed by atoms with Crippen LogP contribution in [0.2, 0.25) is 10.0 Å². The number of hydrogen-bond donors (Lipinski definition) is 2. The van der Waals surface area contributed by atoms with E-state index in [-0.39, 0.29) is 14.9 Å². The Bertz CT molecular complexity index is 848. The zero-order valence-electron chi connectivity index (χ0n) is 12.3. The molecule has 9 heteroatoms. The Morgan fingerprint density at radius 1 is 1.26 bits per heavy atom. The Kier molecular flexibility index (Phi) is 5.70. The van der Waals surface area contributed by atoms with Gasteiger partial charge in [-0.05, 0) is 43.2 Å². The van der Waals surface area contributed by atoms with Crippen molar-refractivity contribution in [3.8, 4) is 0 Å². The summed E-state index contributed by atoms with van der Waals surface area (Å²) in [7, 11) is -4.02. The van der Waals surface area contributed by atoms with Gasteiger partial charge in [0.1, 0.15) is 4.90 Å². The molecule has 1 aromatic carbocycles. The molecule has 1 heterocycles. The van der Waals surface area contributed by atoms with Crippen molar-refractivity contribution < 1.29 is 13.2 Å². The first-order chi connectivity index (χ1) is 10.7. The number of benzene rings is 1. The summed E-state index contributed by atoms with van der Waals surface area (Å²) in [6, 6.07) is 5.78. The number of rotatable bonds is 5. The molecule has 0 unspecified atom stereocenters. The highest BCUT2D eigenvalue weighted by atomic mass is 35.5. The van der Waals surface area contributed by atoms with Gasteiger partial charge in [0, 0.05) is 9.90 Å². The van der Waals surface area contributed by atoms with E-state index in [0.29, 0.717) is 4.88 Å². The molecule has 0 aliphatic carbocycles. The van der Waals surface area contributed by atoms with Gasteiger partial charge in [-0.1, -0.05) is 30.1 Å². The van der Waals surface area contributed by atoms with Gasteiger partial charge in [0.15, 0.2) is 0 Å². The molecule has 0 saturated carbocycles. The summed E-state index contributed by atoms with van der Waals surface area (Å²) < 4.78 is 24.4. The van der Waals surface area contributed by atoms with Crippen molar-refractivity contribution in [1.29, 1.82) is 0 Å². The topological polar surface area (TPSA) is 75.3 Å². The van der Waals surface area contributed by atoms with Gasteiger partial charge in [0.05, 0.1) is 9.90 Å². The third kappa shape index (κ3) is 4.24. The van der Waals surface area contributed by atoms with Crippen LogP contribution in [0.15, 0.2) is 29.2 Å². The SMILES string of the molecule is CCc1sc(C(=O)NNS(=O)(=O)c2cc(Cl)ccc2Cl)cc1C. The summed E-state index contributed by atoms with van der Waals surface area (Å²) in [6.45, 7) is 3.90. The molecule has 1 aromatic heterocycles. The summed E-state index contributed by atoms with van der Waals surface area (Å²) in [5.74, 6) is -0.528. The molecule has 0 aliphatic rings. The molecule has 0 atom stereocenters. The lowest BCUT2D eigenvalue weighted by Gasteiger charge is -2.09. The van der Waals surface area contributed by atoms with E-state index < -0.39 is 15.9 Å². The molecule has 1 amide bonds. The molecule has 2 rings (SSSR count). The Labute approximate surface area is 148 Å². The first-order valence-corrected chi connectivity index (χ1v) is 9.66. The Morgan fingerprint density at radius 2 is 1.96 bits per heavy atom. The fraction of sp³-hybridized carbons (Fsp3) is 0.214. The van der Waals surface area contributed by atoms with Crippen molar-refractivity contribution in [1.82, 2.24) is 10.3 Å². The van der Waals surface area contributed by atoms with Crippen LogP contribution in [0.4, 0.5) is 0 Å². The van der Waals surface area contributed by atoms with Crippen LogP contribution in [0.25, 0.3) is 0 Å². The van der Waals surface area contributed by atoms with Crippen LogP contribution in [-0.4, -0.2) is 14.3 Å². The van der Waals surface area contributed by atoms with E-state index in [9.17, 15) is 13.2 Å². The maximum atomic E-state index is 12.2. The quantitative estimate of drug-likeness (QED) is 0.763.